The number of nitrogens with zero attached hydrogens (tertiary/aromatic N) is 4. The van der Waals surface area contributed by atoms with Crippen molar-refractivity contribution in [3.8, 4) is 11.3 Å². The zero-order chi connectivity index (χ0) is 30.6. The molecule has 0 radical (unpaired) electrons. The number of nitrogens with one attached hydrogen (secondary N) is 1. The molecule has 4 heterocycles. The number of methoxy groups -OCH3 is 1. The SMILES string of the molecule is COCCN1CCN(c2nc(-c3ccc(C(=O)N[C@H](C(=O)N4C[C@H](SC)[C@H]5OCC(=O)[C@H]54)C4CCCCC4)cc3)cs2)CC1. The van der Waals surface area contributed by atoms with Crippen LogP contribution in [-0.4, -0.2) is 122 Å². The number of thiazole rings is 1. The first-order valence-corrected chi connectivity index (χ1v) is 17.9. The first kappa shape index (κ1) is 31.5. The predicted octanol–water partition coefficient (Wildman–Crippen LogP) is 3.17. The third-order valence-electron chi connectivity index (χ3n) is 9.59. The second-order valence-electron chi connectivity index (χ2n) is 12.2. The Labute approximate surface area is 267 Å². The Bertz CT molecular complexity index is 1310. The minimum absolute atomic E-state index is 0.0428. The van der Waals surface area contributed by atoms with Gasteiger partial charge in [0.15, 0.2) is 10.9 Å². The molecule has 1 aromatic heterocycles. The molecule has 1 saturated carbocycles. The standard InChI is InChI=1S/C32H43N5O5S2/c1-41-17-16-35-12-14-36(15-13-35)32-33-24(20-44-32)21-8-10-23(11-9-21)30(39)34-27(22-6-4-3-5-7-22)31(40)37-18-26(43-2)29-28(37)25(38)19-42-29/h8-11,20,22,26-29H,3-7,12-19H2,1-2H3,(H,34,39)/t26-,27-,28+,29+/m0/s1. The number of aromatic nitrogens is 1. The van der Waals surface area contributed by atoms with E-state index in [0.29, 0.717) is 12.1 Å². The van der Waals surface area contributed by atoms with E-state index in [0.717, 1.165) is 87.8 Å². The number of ketones is 1. The summed E-state index contributed by atoms with van der Waals surface area (Å²) in [5.41, 5.74) is 2.35. The highest BCUT2D eigenvalue weighted by Gasteiger charge is 2.53. The van der Waals surface area contributed by atoms with Gasteiger partial charge in [0.05, 0.1) is 23.7 Å². The number of amides is 2. The van der Waals surface area contributed by atoms with Crippen LogP contribution in [0.4, 0.5) is 5.13 Å². The summed E-state index contributed by atoms with van der Waals surface area (Å²) in [6, 6.07) is 6.26. The summed E-state index contributed by atoms with van der Waals surface area (Å²) < 4.78 is 11.0. The minimum atomic E-state index is -0.659. The number of ether oxygens (including phenoxy) is 2. The number of anilines is 1. The van der Waals surface area contributed by atoms with E-state index in [1.165, 1.54) is 0 Å². The summed E-state index contributed by atoms with van der Waals surface area (Å²) in [5.74, 6) is -0.406. The van der Waals surface area contributed by atoms with Gasteiger partial charge in [0.1, 0.15) is 18.7 Å². The van der Waals surface area contributed by atoms with Crippen molar-refractivity contribution in [3.63, 3.8) is 0 Å². The van der Waals surface area contributed by atoms with E-state index in [1.54, 1.807) is 35.1 Å². The van der Waals surface area contributed by atoms with Crippen molar-refractivity contribution >= 4 is 45.8 Å². The predicted molar refractivity (Wildman–Crippen MR) is 173 cm³/mol. The summed E-state index contributed by atoms with van der Waals surface area (Å²) in [6.07, 6.45) is 6.73. The molecule has 1 N–H and O–H groups in total. The van der Waals surface area contributed by atoms with Crippen LogP contribution >= 0.6 is 23.1 Å². The lowest BCUT2D eigenvalue weighted by Crippen LogP contribution is -2.55. The second kappa shape index (κ2) is 14.3. The van der Waals surface area contributed by atoms with Crippen LogP contribution in [0.1, 0.15) is 42.5 Å². The van der Waals surface area contributed by atoms with Gasteiger partial charge in [-0.15, -0.1) is 11.3 Å². The Hall–Kier alpha value is -2.51. The number of rotatable bonds is 10. The van der Waals surface area contributed by atoms with E-state index in [2.05, 4.69) is 20.5 Å². The van der Waals surface area contributed by atoms with E-state index < -0.39 is 12.1 Å². The molecule has 12 heteroatoms. The first-order chi connectivity index (χ1) is 21.5. The highest BCUT2D eigenvalue weighted by molar-refractivity contribution is 7.99. The molecule has 2 aromatic rings. The number of piperazine rings is 1. The Balaban J connectivity index is 1.12. The zero-order valence-corrected chi connectivity index (χ0v) is 27.2. The van der Waals surface area contributed by atoms with Crippen molar-refractivity contribution < 1.29 is 23.9 Å². The van der Waals surface area contributed by atoms with E-state index in [9.17, 15) is 14.4 Å². The van der Waals surface area contributed by atoms with E-state index >= 15 is 0 Å². The third kappa shape index (κ3) is 6.69. The maximum Gasteiger partial charge on any atom is 0.251 e. The molecule has 0 unspecified atom stereocenters. The summed E-state index contributed by atoms with van der Waals surface area (Å²) in [6.45, 7) is 6.09. The smallest absolute Gasteiger partial charge is 0.251 e. The number of likely N-dealkylation sites (tertiary alicyclic amines) is 1. The number of thioether (sulfide) groups is 1. The molecule has 3 saturated heterocycles. The van der Waals surface area contributed by atoms with Crippen molar-refractivity contribution in [2.24, 2.45) is 5.92 Å². The van der Waals surface area contributed by atoms with Gasteiger partial charge in [0, 0.05) is 62.9 Å². The van der Waals surface area contributed by atoms with Gasteiger partial charge in [-0.2, -0.15) is 11.8 Å². The van der Waals surface area contributed by atoms with Crippen LogP contribution in [0.15, 0.2) is 29.6 Å². The molecule has 6 rings (SSSR count). The summed E-state index contributed by atoms with van der Waals surface area (Å²) in [5, 5.41) is 6.25. The number of carbonyl (C=O) groups excluding carboxylic acids is 3. The number of fused-ring (bicyclic) bond motifs is 1. The van der Waals surface area contributed by atoms with Crippen molar-refractivity contribution in [3.05, 3.63) is 35.2 Å². The van der Waals surface area contributed by atoms with Gasteiger partial charge in [-0.25, -0.2) is 4.98 Å². The van der Waals surface area contributed by atoms with Crippen molar-refractivity contribution in [2.45, 2.75) is 55.5 Å². The third-order valence-corrected chi connectivity index (χ3v) is 11.5. The Morgan fingerprint density at radius 2 is 1.89 bits per heavy atom. The van der Waals surface area contributed by atoms with Gasteiger partial charge in [-0.1, -0.05) is 31.4 Å². The molecule has 0 bridgehead atoms. The summed E-state index contributed by atoms with van der Waals surface area (Å²) >= 11 is 3.27. The quantitative estimate of drug-likeness (QED) is 0.419. The molecule has 0 spiro atoms. The highest BCUT2D eigenvalue weighted by atomic mass is 32.2. The summed E-state index contributed by atoms with van der Waals surface area (Å²) in [4.78, 5) is 51.7. The Morgan fingerprint density at radius 3 is 2.59 bits per heavy atom. The van der Waals surface area contributed by atoms with Gasteiger partial charge in [0.2, 0.25) is 5.91 Å². The fourth-order valence-corrected chi connectivity index (χ4v) is 8.71. The average Bonchev–Trinajstić information content (AvgIpc) is 3.80. The monoisotopic (exact) mass is 641 g/mol. The molecular weight excluding hydrogens is 599 g/mol. The van der Waals surface area contributed by atoms with Crippen LogP contribution in [0.25, 0.3) is 11.3 Å². The highest BCUT2D eigenvalue weighted by Crippen LogP contribution is 2.36. The molecule has 2 amide bonds. The average molecular weight is 642 g/mol. The Morgan fingerprint density at radius 1 is 1.14 bits per heavy atom. The molecular formula is C32H43N5O5S2. The van der Waals surface area contributed by atoms with Gasteiger partial charge < -0.3 is 24.6 Å². The molecule has 3 aliphatic heterocycles. The van der Waals surface area contributed by atoms with Crippen LogP contribution in [0, 0.1) is 5.92 Å². The van der Waals surface area contributed by atoms with E-state index in [4.69, 9.17) is 14.5 Å². The molecule has 1 aromatic carbocycles. The van der Waals surface area contributed by atoms with E-state index in [-0.39, 0.29) is 41.5 Å². The van der Waals surface area contributed by atoms with Crippen LogP contribution in [0.2, 0.25) is 0 Å². The first-order valence-electron chi connectivity index (χ1n) is 15.8. The minimum Gasteiger partial charge on any atom is -0.383 e. The van der Waals surface area contributed by atoms with Crippen molar-refractivity contribution in [1.82, 2.24) is 20.1 Å². The lowest BCUT2D eigenvalue weighted by Gasteiger charge is -2.34. The van der Waals surface area contributed by atoms with Gasteiger partial charge in [0.25, 0.3) is 5.91 Å². The lowest BCUT2D eigenvalue weighted by atomic mass is 9.83. The van der Waals surface area contributed by atoms with Crippen LogP contribution < -0.4 is 10.2 Å². The molecule has 4 aliphatic rings. The molecule has 4 fully saturated rings. The second-order valence-corrected chi connectivity index (χ2v) is 14.1. The van der Waals surface area contributed by atoms with Gasteiger partial charge in [-0.3, -0.25) is 19.3 Å². The number of carbonyl (C=O) groups is 3. The molecule has 4 atom stereocenters. The number of benzene rings is 1. The molecule has 44 heavy (non-hydrogen) atoms. The Kier molecular flexibility index (Phi) is 10.2. The van der Waals surface area contributed by atoms with Crippen molar-refractivity contribution in [1.29, 1.82) is 0 Å². The number of Topliss-reactive ketones (excluding diaryl/α,β-unsaturated/α-hetero) is 1. The fraction of sp³-hybridized carbons (Fsp3) is 0.625. The number of hydrogen-bond acceptors (Lipinski definition) is 10. The molecule has 10 nitrogen and oxygen atoms in total. The zero-order valence-electron chi connectivity index (χ0n) is 25.6. The van der Waals surface area contributed by atoms with Crippen LogP contribution in [-0.2, 0) is 19.1 Å². The molecule has 1 aliphatic carbocycles. The number of hydrogen-bond donors (Lipinski definition) is 1. The lowest BCUT2D eigenvalue weighted by molar-refractivity contribution is -0.139. The van der Waals surface area contributed by atoms with Crippen LogP contribution in [0.5, 0.6) is 0 Å². The maximum absolute atomic E-state index is 14.1. The molecule has 238 valence electrons. The van der Waals surface area contributed by atoms with Gasteiger partial charge >= 0.3 is 0 Å². The normalized spacial score (nSPS) is 25.3. The van der Waals surface area contributed by atoms with E-state index in [1.807, 2.05) is 30.5 Å². The largest absolute Gasteiger partial charge is 0.383 e. The topological polar surface area (TPSA) is 104 Å². The summed E-state index contributed by atoms with van der Waals surface area (Å²) in [7, 11) is 1.74. The van der Waals surface area contributed by atoms with Crippen molar-refractivity contribution in [2.75, 3.05) is 70.7 Å². The fourth-order valence-electron chi connectivity index (χ4n) is 7.02. The van der Waals surface area contributed by atoms with Gasteiger partial charge in [-0.05, 0) is 37.1 Å². The maximum atomic E-state index is 14.1. The van der Waals surface area contributed by atoms with Crippen LogP contribution in [0.3, 0.4) is 0 Å².